The molecule has 162 valence electrons. The fourth-order valence-electron chi connectivity index (χ4n) is 2.78. The van der Waals surface area contributed by atoms with Crippen LogP contribution in [0, 0.1) is 0 Å². The molecule has 1 N–H and O–H groups in total. The molecule has 0 aromatic heterocycles. The van der Waals surface area contributed by atoms with Gasteiger partial charge >= 0.3 is 5.97 Å². The predicted molar refractivity (Wildman–Crippen MR) is 117 cm³/mol. The van der Waals surface area contributed by atoms with Gasteiger partial charge in [-0.1, -0.05) is 24.3 Å². The van der Waals surface area contributed by atoms with Crippen molar-refractivity contribution in [2.24, 2.45) is 0 Å². The van der Waals surface area contributed by atoms with Crippen LogP contribution in [0.25, 0.3) is 0 Å². The molecule has 7 nitrogen and oxygen atoms in total. The number of esters is 1. The quantitative estimate of drug-likeness (QED) is 0.499. The highest BCUT2D eigenvalue weighted by molar-refractivity contribution is 7.92. The van der Waals surface area contributed by atoms with E-state index in [-0.39, 0.29) is 22.8 Å². The molecule has 0 atom stereocenters. The van der Waals surface area contributed by atoms with Crippen LogP contribution in [0.1, 0.15) is 22.8 Å². The zero-order chi connectivity index (χ0) is 22.3. The number of hydrogen-bond donors (Lipinski definition) is 1. The van der Waals surface area contributed by atoms with E-state index in [1.807, 2.05) is 6.92 Å². The monoisotopic (exact) mass is 441 g/mol. The molecule has 3 aromatic rings. The number of nitrogens with one attached hydrogen (secondary N) is 1. The molecular formula is C23H23NO6S. The number of para-hydroxylation sites is 1. The van der Waals surface area contributed by atoms with Crippen LogP contribution in [0.2, 0.25) is 0 Å². The zero-order valence-electron chi connectivity index (χ0n) is 17.2. The van der Waals surface area contributed by atoms with E-state index in [0.29, 0.717) is 18.1 Å². The summed E-state index contributed by atoms with van der Waals surface area (Å²) >= 11 is 0. The first-order valence-corrected chi connectivity index (χ1v) is 11.1. The van der Waals surface area contributed by atoms with Crippen LogP contribution in [0.5, 0.6) is 11.5 Å². The largest absolute Gasteiger partial charge is 0.497 e. The lowest BCUT2D eigenvalue weighted by atomic mass is 10.2. The SMILES string of the molecule is CCOc1ccc(S(=O)(=O)Nc2ccccc2C(=O)OCc2ccc(OC)cc2)cc1. The van der Waals surface area contributed by atoms with Crippen LogP contribution in [0.3, 0.4) is 0 Å². The Balaban J connectivity index is 1.73. The van der Waals surface area contributed by atoms with Gasteiger partial charge in [-0.2, -0.15) is 0 Å². The van der Waals surface area contributed by atoms with E-state index in [2.05, 4.69) is 4.72 Å². The summed E-state index contributed by atoms with van der Waals surface area (Å²) in [6, 6.07) is 19.4. The lowest BCUT2D eigenvalue weighted by molar-refractivity contribution is 0.0474. The third kappa shape index (κ3) is 5.76. The molecule has 3 rings (SSSR count). The normalized spacial score (nSPS) is 10.9. The van der Waals surface area contributed by atoms with Crippen LogP contribution >= 0.6 is 0 Å². The van der Waals surface area contributed by atoms with Gasteiger partial charge in [0.2, 0.25) is 0 Å². The average molecular weight is 442 g/mol. The number of carbonyl (C=O) groups is 1. The molecule has 0 bridgehead atoms. The van der Waals surface area contributed by atoms with Gasteiger partial charge < -0.3 is 14.2 Å². The van der Waals surface area contributed by atoms with E-state index >= 15 is 0 Å². The summed E-state index contributed by atoms with van der Waals surface area (Å²) < 4.78 is 43.8. The second-order valence-electron chi connectivity index (χ2n) is 6.48. The van der Waals surface area contributed by atoms with E-state index in [1.165, 1.54) is 24.3 Å². The first kappa shape index (κ1) is 22.2. The van der Waals surface area contributed by atoms with Crippen molar-refractivity contribution in [2.75, 3.05) is 18.4 Å². The maximum atomic E-state index is 12.8. The summed E-state index contributed by atoms with van der Waals surface area (Å²) in [4.78, 5) is 12.7. The average Bonchev–Trinajstić information content (AvgIpc) is 2.78. The minimum Gasteiger partial charge on any atom is -0.497 e. The third-order valence-electron chi connectivity index (χ3n) is 4.37. The number of methoxy groups -OCH3 is 1. The number of anilines is 1. The number of benzene rings is 3. The Bertz CT molecular complexity index is 1130. The molecule has 0 amide bonds. The molecule has 0 spiro atoms. The van der Waals surface area contributed by atoms with E-state index in [9.17, 15) is 13.2 Å². The molecular weight excluding hydrogens is 418 g/mol. The van der Waals surface area contributed by atoms with Crippen LogP contribution < -0.4 is 14.2 Å². The number of rotatable bonds is 9. The van der Waals surface area contributed by atoms with Gasteiger partial charge in [0, 0.05) is 0 Å². The molecule has 8 heteroatoms. The zero-order valence-corrected chi connectivity index (χ0v) is 18.0. The molecule has 0 saturated heterocycles. The Morgan fingerprint density at radius 2 is 1.55 bits per heavy atom. The topological polar surface area (TPSA) is 90.9 Å². The lowest BCUT2D eigenvalue weighted by Gasteiger charge is -2.13. The summed E-state index contributed by atoms with van der Waals surface area (Å²) in [5.41, 5.74) is 1.03. The van der Waals surface area contributed by atoms with Crippen molar-refractivity contribution in [3.05, 3.63) is 83.9 Å². The van der Waals surface area contributed by atoms with Crippen LogP contribution in [0.15, 0.2) is 77.7 Å². The van der Waals surface area contributed by atoms with Crippen LogP contribution in [-0.2, 0) is 21.4 Å². The smallest absolute Gasteiger partial charge is 0.340 e. The van der Waals surface area contributed by atoms with E-state index in [1.54, 1.807) is 55.6 Å². The minimum absolute atomic E-state index is 0.0444. The Hall–Kier alpha value is -3.52. The minimum atomic E-state index is -3.90. The van der Waals surface area contributed by atoms with Crippen LogP contribution in [0.4, 0.5) is 5.69 Å². The van der Waals surface area contributed by atoms with E-state index in [0.717, 1.165) is 5.56 Å². The third-order valence-corrected chi connectivity index (χ3v) is 5.75. The second kappa shape index (κ2) is 9.99. The maximum absolute atomic E-state index is 12.8. The van der Waals surface area contributed by atoms with Crippen molar-refractivity contribution in [1.29, 1.82) is 0 Å². The second-order valence-corrected chi connectivity index (χ2v) is 8.16. The number of sulfonamides is 1. The van der Waals surface area contributed by atoms with Gasteiger partial charge in [0.25, 0.3) is 10.0 Å². The molecule has 31 heavy (non-hydrogen) atoms. The molecule has 0 saturated carbocycles. The van der Waals surface area contributed by atoms with Crippen LogP contribution in [-0.4, -0.2) is 28.1 Å². The highest BCUT2D eigenvalue weighted by Gasteiger charge is 2.19. The first-order chi connectivity index (χ1) is 14.9. The molecule has 0 radical (unpaired) electrons. The Morgan fingerprint density at radius 3 is 2.19 bits per heavy atom. The Kier molecular flexibility index (Phi) is 7.15. The fourth-order valence-corrected chi connectivity index (χ4v) is 3.86. The Morgan fingerprint density at radius 1 is 0.903 bits per heavy atom. The standard InChI is InChI=1S/C23H23NO6S/c1-3-29-19-12-14-20(15-13-19)31(26,27)24-22-7-5-4-6-21(22)23(25)30-16-17-8-10-18(28-2)11-9-17/h4-15,24H,3,16H2,1-2H3. The van der Waals surface area contributed by atoms with Gasteiger partial charge in [0.15, 0.2) is 0 Å². The van der Waals surface area contributed by atoms with Gasteiger partial charge in [0.05, 0.1) is 29.9 Å². The van der Waals surface area contributed by atoms with Crippen molar-refractivity contribution in [2.45, 2.75) is 18.4 Å². The molecule has 0 heterocycles. The van der Waals surface area contributed by atoms with Crippen molar-refractivity contribution in [3.8, 4) is 11.5 Å². The van der Waals surface area contributed by atoms with Gasteiger partial charge in [0.1, 0.15) is 18.1 Å². The maximum Gasteiger partial charge on any atom is 0.340 e. The molecule has 0 aliphatic carbocycles. The number of carbonyl (C=O) groups excluding carboxylic acids is 1. The fraction of sp³-hybridized carbons (Fsp3) is 0.174. The lowest BCUT2D eigenvalue weighted by Crippen LogP contribution is -2.16. The van der Waals surface area contributed by atoms with E-state index in [4.69, 9.17) is 14.2 Å². The summed E-state index contributed by atoms with van der Waals surface area (Å²) in [7, 11) is -2.33. The predicted octanol–water partition coefficient (Wildman–Crippen LogP) is 4.25. The molecule has 3 aromatic carbocycles. The number of hydrogen-bond acceptors (Lipinski definition) is 6. The number of ether oxygens (including phenoxy) is 3. The van der Waals surface area contributed by atoms with Gasteiger partial charge in [-0.05, 0) is 61.0 Å². The summed E-state index contributed by atoms with van der Waals surface area (Å²) in [5, 5.41) is 0. The molecule has 0 unspecified atom stereocenters. The molecule has 0 aliphatic heterocycles. The van der Waals surface area contributed by atoms with Crippen molar-refractivity contribution >= 4 is 21.7 Å². The highest BCUT2D eigenvalue weighted by atomic mass is 32.2. The Labute approximate surface area is 181 Å². The van der Waals surface area contributed by atoms with Gasteiger partial charge in [-0.15, -0.1) is 0 Å². The summed E-state index contributed by atoms with van der Waals surface area (Å²) in [5.74, 6) is 0.633. The highest BCUT2D eigenvalue weighted by Crippen LogP contribution is 2.23. The van der Waals surface area contributed by atoms with Crippen molar-refractivity contribution in [3.63, 3.8) is 0 Å². The summed E-state index contributed by atoms with van der Waals surface area (Å²) in [6.07, 6.45) is 0. The first-order valence-electron chi connectivity index (χ1n) is 9.57. The molecule has 0 aliphatic rings. The van der Waals surface area contributed by atoms with Crippen molar-refractivity contribution < 1.29 is 27.4 Å². The van der Waals surface area contributed by atoms with Crippen molar-refractivity contribution in [1.82, 2.24) is 0 Å². The van der Waals surface area contributed by atoms with E-state index < -0.39 is 16.0 Å². The summed E-state index contributed by atoms with van der Waals surface area (Å²) in [6.45, 7) is 2.37. The van der Waals surface area contributed by atoms with Gasteiger partial charge in [-0.25, -0.2) is 13.2 Å². The van der Waals surface area contributed by atoms with Gasteiger partial charge in [-0.3, -0.25) is 4.72 Å². The molecule has 0 fully saturated rings.